The van der Waals surface area contributed by atoms with Crippen LogP contribution in [0.15, 0.2) is 33.4 Å². The molecule has 118 valence electrons. The van der Waals surface area contributed by atoms with Crippen LogP contribution in [-0.2, 0) is 17.9 Å². The number of aryl methyl sites for hydroxylation is 1. The molecule has 0 spiro atoms. The molecule has 3 rings (SSSR count). The van der Waals surface area contributed by atoms with Crippen LogP contribution in [0.4, 0.5) is 0 Å². The van der Waals surface area contributed by atoms with Crippen LogP contribution in [-0.4, -0.2) is 29.1 Å². The Bertz CT molecular complexity index is 606. The zero-order chi connectivity index (χ0) is 15.4. The molecule has 0 bridgehead atoms. The minimum Gasteiger partial charge on any atom is -0.468 e. The van der Waals surface area contributed by atoms with Crippen molar-refractivity contribution < 1.29 is 13.7 Å². The average Bonchev–Trinajstić information content (AvgIpc) is 3.17. The second-order valence-corrected chi connectivity index (χ2v) is 5.80. The number of amides is 1. The lowest BCUT2D eigenvalue weighted by Gasteiger charge is -2.31. The van der Waals surface area contributed by atoms with Crippen LogP contribution in [0.2, 0.25) is 0 Å². The number of likely N-dealkylation sites (tertiary alicyclic amines) is 1. The summed E-state index contributed by atoms with van der Waals surface area (Å²) in [5.74, 6) is 1.81. The molecular weight excluding hydrogens is 282 g/mol. The number of nitrogens with zero attached hydrogens (tertiary/aromatic N) is 2. The molecule has 0 unspecified atom stereocenters. The summed E-state index contributed by atoms with van der Waals surface area (Å²) in [4.78, 5) is 14.6. The van der Waals surface area contributed by atoms with Gasteiger partial charge in [-0.2, -0.15) is 0 Å². The first-order valence-corrected chi connectivity index (χ1v) is 7.65. The molecule has 6 nitrogen and oxygen atoms in total. The molecule has 2 aromatic heterocycles. The molecule has 22 heavy (non-hydrogen) atoms. The standard InChI is InChI=1S/C16H21N3O3/c1-12-8-14(18-22-12)9-17-16(20)13-4-2-6-19(10-13)11-15-5-3-7-21-15/h3,5,7-8,13H,2,4,6,9-11H2,1H3,(H,17,20)/t13-/m1/s1. The number of hydrogen-bond acceptors (Lipinski definition) is 5. The fourth-order valence-electron chi connectivity index (χ4n) is 2.86. The van der Waals surface area contributed by atoms with Crippen LogP contribution in [0.5, 0.6) is 0 Å². The number of nitrogens with one attached hydrogen (secondary N) is 1. The lowest BCUT2D eigenvalue weighted by Crippen LogP contribution is -2.42. The Hall–Kier alpha value is -2.08. The van der Waals surface area contributed by atoms with Gasteiger partial charge in [0, 0.05) is 12.6 Å². The number of carbonyl (C=O) groups is 1. The zero-order valence-electron chi connectivity index (χ0n) is 12.7. The highest BCUT2D eigenvalue weighted by Crippen LogP contribution is 2.19. The topological polar surface area (TPSA) is 71.5 Å². The van der Waals surface area contributed by atoms with Gasteiger partial charge in [0.2, 0.25) is 5.91 Å². The molecular formula is C16H21N3O3. The number of carbonyl (C=O) groups excluding carboxylic acids is 1. The number of aromatic nitrogens is 1. The summed E-state index contributed by atoms with van der Waals surface area (Å²) in [5.41, 5.74) is 0.758. The van der Waals surface area contributed by atoms with Gasteiger partial charge in [0.05, 0.1) is 25.3 Å². The third-order valence-corrected chi connectivity index (χ3v) is 3.96. The van der Waals surface area contributed by atoms with Crippen LogP contribution < -0.4 is 5.32 Å². The minimum absolute atomic E-state index is 0.0247. The molecule has 0 aromatic carbocycles. The summed E-state index contributed by atoms with van der Waals surface area (Å²) >= 11 is 0. The maximum absolute atomic E-state index is 12.3. The van der Waals surface area contributed by atoms with Crippen molar-refractivity contribution in [3.63, 3.8) is 0 Å². The Balaban J connectivity index is 1.49. The van der Waals surface area contributed by atoms with Gasteiger partial charge in [-0.1, -0.05) is 5.16 Å². The predicted molar refractivity (Wildman–Crippen MR) is 79.8 cm³/mol. The van der Waals surface area contributed by atoms with Gasteiger partial charge in [0.15, 0.2) is 0 Å². The molecule has 1 aliphatic rings. The van der Waals surface area contributed by atoms with Gasteiger partial charge in [-0.15, -0.1) is 0 Å². The molecule has 6 heteroatoms. The summed E-state index contributed by atoms with van der Waals surface area (Å²) in [6, 6.07) is 5.70. The van der Waals surface area contributed by atoms with E-state index in [2.05, 4.69) is 15.4 Å². The quantitative estimate of drug-likeness (QED) is 0.916. The van der Waals surface area contributed by atoms with Gasteiger partial charge in [-0.05, 0) is 38.4 Å². The van der Waals surface area contributed by atoms with Crippen molar-refractivity contribution >= 4 is 5.91 Å². The first-order chi connectivity index (χ1) is 10.7. The Labute approximate surface area is 129 Å². The molecule has 1 N–H and O–H groups in total. The smallest absolute Gasteiger partial charge is 0.224 e. The largest absolute Gasteiger partial charge is 0.468 e. The molecule has 3 heterocycles. The average molecular weight is 303 g/mol. The van der Waals surface area contributed by atoms with E-state index in [1.54, 1.807) is 6.26 Å². The Morgan fingerprint density at radius 1 is 1.55 bits per heavy atom. The number of furan rings is 1. The molecule has 1 saturated heterocycles. The highest BCUT2D eigenvalue weighted by Gasteiger charge is 2.26. The first kappa shape index (κ1) is 14.8. The summed E-state index contributed by atoms with van der Waals surface area (Å²) in [7, 11) is 0. The number of piperidine rings is 1. The highest BCUT2D eigenvalue weighted by atomic mass is 16.5. The van der Waals surface area contributed by atoms with Crippen LogP contribution >= 0.6 is 0 Å². The van der Waals surface area contributed by atoms with Gasteiger partial charge in [-0.3, -0.25) is 9.69 Å². The molecule has 1 amide bonds. The summed E-state index contributed by atoms with van der Waals surface area (Å²) in [6.45, 7) is 4.80. The van der Waals surface area contributed by atoms with E-state index >= 15 is 0 Å². The molecule has 1 aliphatic heterocycles. The molecule has 0 saturated carbocycles. The molecule has 1 fully saturated rings. The third kappa shape index (κ3) is 3.76. The van der Waals surface area contributed by atoms with Crippen molar-refractivity contribution in [3.8, 4) is 0 Å². The zero-order valence-corrected chi connectivity index (χ0v) is 12.7. The van der Waals surface area contributed by atoms with E-state index in [-0.39, 0.29) is 11.8 Å². The molecule has 1 atom stereocenters. The van der Waals surface area contributed by atoms with Crippen molar-refractivity contribution in [3.05, 3.63) is 41.7 Å². The summed E-state index contributed by atoms with van der Waals surface area (Å²) in [5, 5.41) is 6.84. The van der Waals surface area contributed by atoms with E-state index in [1.807, 2.05) is 25.1 Å². The summed E-state index contributed by atoms with van der Waals surface area (Å²) < 4.78 is 10.4. The van der Waals surface area contributed by atoms with Gasteiger partial charge in [0.1, 0.15) is 17.2 Å². The number of hydrogen-bond donors (Lipinski definition) is 1. The fraction of sp³-hybridized carbons (Fsp3) is 0.500. The van der Waals surface area contributed by atoms with E-state index in [1.165, 1.54) is 0 Å². The second kappa shape index (κ2) is 6.79. The van der Waals surface area contributed by atoms with Crippen LogP contribution in [0, 0.1) is 12.8 Å². The van der Waals surface area contributed by atoms with Crippen LogP contribution in [0.1, 0.15) is 30.1 Å². The highest BCUT2D eigenvalue weighted by molar-refractivity contribution is 5.78. The van der Waals surface area contributed by atoms with Crippen molar-refractivity contribution in [1.29, 1.82) is 0 Å². The SMILES string of the molecule is Cc1cc(CNC(=O)[C@@H]2CCCN(Cc3ccco3)C2)no1. The number of rotatable bonds is 5. The van der Waals surface area contributed by atoms with Crippen molar-refractivity contribution in [2.24, 2.45) is 5.92 Å². The lowest BCUT2D eigenvalue weighted by atomic mass is 9.97. The van der Waals surface area contributed by atoms with Gasteiger partial charge >= 0.3 is 0 Å². The molecule has 2 aromatic rings. The Morgan fingerprint density at radius 2 is 2.45 bits per heavy atom. The Morgan fingerprint density at radius 3 is 3.18 bits per heavy atom. The van der Waals surface area contributed by atoms with Crippen LogP contribution in [0.3, 0.4) is 0 Å². The lowest BCUT2D eigenvalue weighted by molar-refractivity contribution is -0.127. The Kier molecular flexibility index (Phi) is 4.58. The van der Waals surface area contributed by atoms with Gasteiger partial charge < -0.3 is 14.3 Å². The van der Waals surface area contributed by atoms with E-state index in [9.17, 15) is 4.79 Å². The van der Waals surface area contributed by atoms with Crippen LogP contribution in [0.25, 0.3) is 0 Å². The normalized spacial score (nSPS) is 19.2. The maximum atomic E-state index is 12.3. The second-order valence-electron chi connectivity index (χ2n) is 5.80. The van der Waals surface area contributed by atoms with Crippen molar-refractivity contribution in [1.82, 2.24) is 15.4 Å². The van der Waals surface area contributed by atoms with E-state index in [4.69, 9.17) is 8.94 Å². The van der Waals surface area contributed by atoms with E-state index < -0.39 is 0 Å². The first-order valence-electron chi connectivity index (χ1n) is 7.65. The minimum atomic E-state index is 0.0247. The van der Waals surface area contributed by atoms with Gasteiger partial charge in [-0.25, -0.2) is 0 Å². The van der Waals surface area contributed by atoms with Gasteiger partial charge in [0.25, 0.3) is 0 Å². The monoisotopic (exact) mass is 303 g/mol. The maximum Gasteiger partial charge on any atom is 0.224 e. The summed E-state index contributed by atoms with van der Waals surface area (Å²) in [6.07, 6.45) is 3.64. The van der Waals surface area contributed by atoms with Crippen molar-refractivity contribution in [2.45, 2.75) is 32.9 Å². The van der Waals surface area contributed by atoms with E-state index in [0.29, 0.717) is 6.54 Å². The van der Waals surface area contributed by atoms with Crippen molar-refractivity contribution in [2.75, 3.05) is 13.1 Å². The molecule has 0 radical (unpaired) electrons. The molecule has 0 aliphatic carbocycles. The third-order valence-electron chi connectivity index (χ3n) is 3.96. The predicted octanol–water partition coefficient (Wildman–Crippen LogP) is 2.10. The van der Waals surface area contributed by atoms with E-state index in [0.717, 1.165) is 49.7 Å². The fourth-order valence-corrected chi connectivity index (χ4v) is 2.86.